The van der Waals surface area contributed by atoms with Crippen LogP contribution in [-0.4, -0.2) is 107 Å². The molecule has 14 nitrogen and oxygen atoms in total. The van der Waals surface area contributed by atoms with Gasteiger partial charge in [-0.1, -0.05) is 38.8 Å². The van der Waals surface area contributed by atoms with Gasteiger partial charge in [-0.25, -0.2) is 27.2 Å². The molecule has 5 atom stereocenters. The fourth-order valence-electron chi connectivity index (χ4n) is 9.15. The number of sulfonamides is 1. The molecule has 0 bridgehead atoms. The van der Waals surface area contributed by atoms with Gasteiger partial charge in [-0.2, -0.15) is 0 Å². The van der Waals surface area contributed by atoms with Gasteiger partial charge in [0.05, 0.1) is 36.7 Å². The van der Waals surface area contributed by atoms with E-state index in [1.165, 1.54) is 16.2 Å². The quantitative estimate of drug-likeness (QED) is 0.216. The number of nitrogens with zero attached hydrogens (tertiary/aromatic N) is 4. The van der Waals surface area contributed by atoms with Crippen molar-refractivity contribution >= 4 is 55.9 Å². The van der Waals surface area contributed by atoms with Crippen LogP contribution in [0.5, 0.6) is 11.5 Å². The molecular formula is C45H56F2N6O8S2. The summed E-state index contributed by atoms with van der Waals surface area (Å²) < 4.78 is 69.6. The second-order valence-electron chi connectivity index (χ2n) is 18.2. The molecule has 0 radical (unpaired) electrons. The van der Waals surface area contributed by atoms with Gasteiger partial charge in [-0.15, -0.1) is 11.3 Å². The summed E-state index contributed by atoms with van der Waals surface area (Å²) in [6.45, 7) is 5.40. The lowest BCUT2D eigenvalue weighted by Crippen LogP contribution is -2.57. The Morgan fingerprint density at radius 2 is 1.87 bits per heavy atom. The van der Waals surface area contributed by atoms with Gasteiger partial charge in [-0.3, -0.25) is 23.9 Å². The van der Waals surface area contributed by atoms with Crippen LogP contribution >= 0.6 is 11.3 Å². The van der Waals surface area contributed by atoms with Gasteiger partial charge >= 0.3 is 0 Å². The number of hydrogen-bond acceptors (Lipinski definition) is 11. The van der Waals surface area contributed by atoms with E-state index in [1.807, 2.05) is 36.6 Å². The first-order chi connectivity index (χ1) is 30.0. The molecule has 4 fully saturated rings. The first-order valence-corrected chi connectivity index (χ1v) is 24.5. The maximum absolute atomic E-state index is 14.9. The van der Waals surface area contributed by atoms with E-state index >= 15 is 0 Å². The number of benzene rings is 1. The van der Waals surface area contributed by atoms with Crippen molar-refractivity contribution in [1.82, 2.24) is 29.8 Å². The molecule has 0 unspecified atom stereocenters. The number of carbonyl (C=O) groups excluding carboxylic acids is 4. The van der Waals surface area contributed by atoms with Crippen LogP contribution in [0.15, 0.2) is 35.7 Å². The van der Waals surface area contributed by atoms with Crippen molar-refractivity contribution in [1.29, 1.82) is 0 Å². The Labute approximate surface area is 370 Å². The van der Waals surface area contributed by atoms with Crippen molar-refractivity contribution in [2.75, 3.05) is 26.7 Å². The Morgan fingerprint density at radius 1 is 1.08 bits per heavy atom. The molecule has 3 aromatic rings. The van der Waals surface area contributed by atoms with Gasteiger partial charge in [0, 0.05) is 60.0 Å². The Balaban J connectivity index is 1.14. The van der Waals surface area contributed by atoms with E-state index in [2.05, 4.69) is 23.9 Å². The molecule has 63 heavy (non-hydrogen) atoms. The van der Waals surface area contributed by atoms with Crippen molar-refractivity contribution in [2.24, 2.45) is 11.8 Å². The molecule has 18 heteroatoms. The zero-order chi connectivity index (χ0) is 44.8. The maximum Gasteiger partial charge on any atom is 0.265 e. The van der Waals surface area contributed by atoms with Crippen LogP contribution in [0.1, 0.15) is 108 Å². The number of nitrogens with one attached hydrogen (secondary N) is 2. The van der Waals surface area contributed by atoms with E-state index in [4.69, 9.17) is 19.4 Å². The zero-order valence-electron chi connectivity index (χ0n) is 36.2. The molecule has 5 aliphatic rings. The number of hydrogen-bond donors (Lipinski definition) is 2. The van der Waals surface area contributed by atoms with E-state index in [0.29, 0.717) is 71.6 Å². The Morgan fingerprint density at radius 3 is 2.59 bits per heavy atom. The van der Waals surface area contributed by atoms with Gasteiger partial charge in [-0.05, 0) is 69.9 Å². The second kappa shape index (κ2) is 17.7. The smallest absolute Gasteiger partial charge is 0.265 e. The number of ether oxygens (including phenoxy) is 2. The third-order valence-electron chi connectivity index (χ3n) is 13.1. The number of thiazole rings is 1. The van der Waals surface area contributed by atoms with Crippen LogP contribution in [0.3, 0.4) is 0 Å². The van der Waals surface area contributed by atoms with E-state index in [0.717, 1.165) is 22.6 Å². The molecule has 2 N–H and O–H groups in total. The summed E-state index contributed by atoms with van der Waals surface area (Å²) in [7, 11) is -2.37. The molecule has 8 rings (SSSR count). The fraction of sp³-hybridized carbons (Fsp3) is 0.600. The number of halogens is 2. The number of fused-ring (bicyclic) bond motifs is 3. The lowest BCUT2D eigenvalue weighted by atomic mass is 9.94. The number of likely N-dealkylation sites (tertiary alicyclic amines) is 1. The summed E-state index contributed by atoms with van der Waals surface area (Å²) in [5.41, 5.74) is 1.31. The second-order valence-corrected chi connectivity index (χ2v) is 21.0. The lowest BCUT2D eigenvalue weighted by molar-refractivity contribution is -0.148. The Kier molecular flexibility index (Phi) is 12.6. The molecule has 0 spiro atoms. The number of pyridine rings is 1. The first kappa shape index (κ1) is 44.9. The Bertz CT molecular complexity index is 2420. The van der Waals surface area contributed by atoms with E-state index in [1.54, 1.807) is 13.2 Å². The van der Waals surface area contributed by atoms with Crippen LogP contribution < -0.4 is 19.5 Å². The van der Waals surface area contributed by atoms with Gasteiger partial charge in [0.1, 0.15) is 39.9 Å². The number of aromatic nitrogens is 2. The third-order valence-corrected chi connectivity index (χ3v) is 15.8. The maximum atomic E-state index is 14.9. The van der Waals surface area contributed by atoms with E-state index in [-0.39, 0.29) is 51.1 Å². The predicted octanol–water partition coefficient (Wildman–Crippen LogP) is 6.41. The largest absolute Gasteiger partial charge is 0.496 e. The average molecular weight is 911 g/mol. The van der Waals surface area contributed by atoms with Crippen LogP contribution in [0, 0.1) is 18.8 Å². The van der Waals surface area contributed by atoms with Crippen LogP contribution in [0.2, 0.25) is 0 Å². The van der Waals surface area contributed by atoms with Gasteiger partial charge < -0.3 is 24.6 Å². The van der Waals surface area contributed by atoms with Crippen molar-refractivity contribution < 1.29 is 45.9 Å². The number of methoxy groups -OCH3 is 1. The molecule has 4 amide bonds. The lowest BCUT2D eigenvalue weighted by Gasteiger charge is -2.34. The van der Waals surface area contributed by atoms with Gasteiger partial charge in [0.2, 0.25) is 27.7 Å². The number of alkyl halides is 2. The molecule has 2 saturated carbocycles. The molecule has 5 heterocycles. The van der Waals surface area contributed by atoms with Crippen LogP contribution in [0.4, 0.5) is 8.78 Å². The average Bonchev–Trinajstić information content (AvgIpc) is 4.11. The zero-order valence-corrected chi connectivity index (χ0v) is 37.8. The summed E-state index contributed by atoms with van der Waals surface area (Å²) in [5.74, 6) is -5.67. The third kappa shape index (κ3) is 9.57. The molecule has 3 aliphatic heterocycles. The summed E-state index contributed by atoms with van der Waals surface area (Å²) in [5, 5.41) is 5.57. The van der Waals surface area contributed by atoms with Gasteiger partial charge in [0.15, 0.2) is 0 Å². The minimum atomic E-state index is -3.95. The minimum Gasteiger partial charge on any atom is -0.496 e. The number of allylic oxidation sites excluding steroid dienone is 1. The summed E-state index contributed by atoms with van der Waals surface area (Å²) in [6.07, 6.45) is 6.59. The van der Waals surface area contributed by atoms with E-state index in [9.17, 15) is 36.4 Å². The van der Waals surface area contributed by atoms with E-state index < -0.39 is 80.9 Å². The monoisotopic (exact) mass is 910 g/mol. The summed E-state index contributed by atoms with van der Waals surface area (Å²) >= 11 is 1.46. The highest BCUT2D eigenvalue weighted by Crippen LogP contribution is 2.46. The number of rotatable bonds is 10. The highest BCUT2D eigenvalue weighted by molar-refractivity contribution is 7.91. The van der Waals surface area contributed by atoms with Crippen molar-refractivity contribution in [3.63, 3.8) is 0 Å². The Hall–Kier alpha value is -4.71. The minimum absolute atomic E-state index is 0.00178. The number of piperidine rings is 1. The molecule has 2 aromatic heterocycles. The highest BCUT2D eigenvalue weighted by Gasteiger charge is 2.62. The van der Waals surface area contributed by atoms with Crippen molar-refractivity contribution in [3.8, 4) is 22.2 Å². The number of amides is 4. The van der Waals surface area contributed by atoms with Crippen LogP contribution in [0.25, 0.3) is 21.6 Å². The molecule has 1 aromatic carbocycles. The van der Waals surface area contributed by atoms with Crippen LogP contribution in [-0.2, 0) is 29.2 Å². The standard InChI is InChI=1S/C45H56F2N6O8S2/c1-26(2)34-24-62-41(49-34)33-21-37(32-15-16-36(60-4)27(3)39(32)48-33)61-30-20-35-40(55)50-45(43(57)51-63(58,59)31-13-14-31)22-29(45)12-9-7-5-6-8-11-28(42(56)53(35)23-30)19-38(54)52-18-10-17-44(46,47)25-52/h9,12,15-16,21,24,26,28-31,35H,5-8,10-11,13-14,17-20,22-23,25H2,1-4H3,(H,50,55)(H,51,57)/t28-,29-,30-,35+,45-/m1/s1. The molecule has 2 aliphatic carbocycles. The molecular weight excluding hydrogens is 855 g/mol. The normalized spacial score (nSPS) is 26.7. The van der Waals surface area contributed by atoms with Crippen molar-refractivity contribution in [2.45, 2.75) is 133 Å². The summed E-state index contributed by atoms with van der Waals surface area (Å²) in [4.78, 5) is 69.6. The number of aryl methyl sites for hydroxylation is 1. The van der Waals surface area contributed by atoms with Gasteiger partial charge in [0.25, 0.3) is 11.8 Å². The molecule has 340 valence electrons. The first-order valence-electron chi connectivity index (χ1n) is 22.1. The number of carbonyl (C=O) groups is 4. The molecule has 2 saturated heterocycles. The van der Waals surface area contributed by atoms with Crippen molar-refractivity contribution in [3.05, 3.63) is 47.0 Å². The fourth-order valence-corrected chi connectivity index (χ4v) is 11.5. The summed E-state index contributed by atoms with van der Waals surface area (Å²) in [6, 6.07) is 4.27. The highest BCUT2D eigenvalue weighted by atomic mass is 32.2. The SMILES string of the molecule is COc1ccc2c(O[C@@H]3C[C@H]4C(=O)N[C@]5(C(=O)NS(=O)(=O)C6CC6)C[C@H]5C=CCCCCC[C@H](CC(=O)N5CCCC(F)(F)C5)C(=O)N4C3)cc(-c3nc(C(C)C)cs3)nc2c1C. The predicted molar refractivity (Wildman–Crippen MR) is 233 cm³/mol. The topological polar surface area (TPSA) is 177 Å².